The number of likely N-dealkylation sites (tertiary alicyclic amines) is 1. The fraction of sp³-hybridized carbons (Fsp3) is 0.526. The van der Waals surface area contributed by atoms with Gasteiger partial charge in [-0.05, 0) is 63.2 Å². The molecule has 2 unspecified atom stereocenters. The third kappa shape index (κ3) is 3.24. The number of hydrogen-bond donors (Lipinski definition) is 1. The van der Waals surface area contributed by atoms with Crippen LogP contribution < -0.4 is 5.32 Å². The molecule has 0 bridgehead atoms. The van der Waals surface area contributed by atoms with Gasteiger partial charge in [-0.25, -0.2) is 4.98 Å². The topological polar surface area (TPSA) is 66.8 Å². The van der Waals surface area contributed by atoms with Crippen molar-refractivity contribution in [1.82, 2.24) is 15.2 Å². The lowest BCUT2D eigenvalue weighted by Gasteiger charge is -2.29. The van der Waals surface area contributed by atoms with Gasteiger partial charge in [-0.15, -0.1) is 0 Å². The molecular formula is C19H22N4O2. The second kappa shape index (κ2) is 6.85. The van der Waals surface area contributed by atoms with Crippen LogP contribution in [0.3, 0.4) is 0 Å². The highest BCUT2D eigenvalue weighted by Crippen LogP contribution is 2.33. The van der Waals surface area contributed by atoms with Crippen LogP contribution in [0.15, 0.2) is 23.4 Å². The van der Waals surface area contributed by atoms with Gasteiger partial charge in [-0.3, -0.25) is 4.79 Å². The largest absolute Gasteiger partial charge is 0.369 e. The van der Waals surface area contributed by atoms with E-state index < -0.39 is 0 Å². The maximum Gasteiger partial charge on any atom is 0.228 e. The normalized spacial score (nSPS) is 25.6. The summed E-state index contributed by atoms with van der Waals surface area (Å²) in [5, 5.41) is 7.45. The van der Waals surface area contributed by atoms with Crippen LogP contribution in [0.25, 0.3) is 0 Å². The number of carbonyl (C=O) groups is 1. The van der Waals surface area contributed by atoms with Gasteiger partial charge in [0.1, 0.15) is 11.4 Å². The second-order valence-corrected chi connectivity index (χ2v) is 6.84. The first-order chi connectivity index (χ1) is 12.2. The number of amides is 1. The van der Waals surface area contributed by atoms with Gasteiger partial charge < -0.3 is 15.1 Å². The van der Waals surface area contributed by atoms with E-state index in [2.05, 4.69) is 27.3 Å². The number of oxime groups is 1. The molecule has 6 heteroatoms. The molecule has 1 aromatic rings. The average Bonchev–Trinajstić information content (AvgIpc) is 3.22. The van der Waals surface area contributed by atoms with Gasteiger partial charge in [0.2, 0.25) is 12.1 Å². The van der Waals surface area contributed by atoms with Gasteiger partial charge in [0.15, 0.2) is 0 Å². The zero-order chi connectivity index (χ0) is 17.2. The van der Waals surface area contributed by atoms with Crippen molar-refractivity contribution in [3.8, 4) is 11.8 Å². The van der Waals surface area contributed by atoms with Gasteiger partial charge in [-0.1, -0.05) is 11.2 Å². The molecule has 0 saturated carbocycles. The number of rotatable bonds is 1. The Balaban J connectivity index is 1.44. The van der Waals surface area contributed by atoms with Crippen LogP contribution >= 0.6 is 0 Å². The molecule has 3 aliphatic rings. The second-order valence-electron chi connectivity index (χ2n) is 6.84. The number of piperidine rings is 1. The van der Waals surface area contributed by atoms with Gasteiger partial charge >= 0.3 is 0 Å². The standard InChI is InChI=1S/C19H22N4O2/c1-13-3-2-4-15(21-13)5-6-17-16-9-12-23(19(16)25-22-17)18(24)14-7-10-20-11-8-14/h2-4,14,16,19-20H,7-12H2,1H3. The highest BCUT2D eigenvalue weighted by Gasteiger charge is 2.46. The van der Waals surface area contributed by atoms with Crippen LogP contribution in [0.4, 0.5) is 0 Å². The molecular weight excluding hydrogens is 316 g/mol. The molecule has 0 spiro atoms. The molecule has 0 aliphatic carbocycles. The van der Waals surface area contributed by atoms with E-state index in [4.69, 9.17) is 4.84 Å². The molecule has 0 radical (unpaired) electrons. The van der Waals surface area contributed by atoms with Crippen molar-refractivity contribution in [2.45, 2.75) is 32.4 Å². The minimum absolute atomic E-state index is 0.0861. The lowest BCUT2D eigenvalue weighted by Crippen LogP contribution is -2.44. The third-order valence-electron chi connectivity index (χ3n) is 5.12. The summed E-state index contributed by atoms with van der Waals surface area (Å²) in [5.74, 6) is 6.56. The van der Waals surface area contributed by atoms with E-state index in [-0.39, 0.29) is 24.0 Å². The number of nitrogens with zero attached hydrogens (tertiary/aromatic N) is 3. The van der Waals surface area contributed by atoms with E-state index in [0.29, 0.717) is 0 Å². The van der Waals surface area contributed by atoms with Crippen molar-refractivity contribution in [1.29, 1.82) is 0 Å². The van der Waals surface area contributed by atoms with Gasteiger partial charge in [-0.2, -0.15) is 0 Å². The predicted molar refractivity (Wildman–Crippen MR) is 93.6 cm³/mol. The molecule has 1 amide bonds. The maximum absolute atomic E-state index is 12.8. The van der Waals surface area contributed by atoms with E-state index in [0.717, 1.165) is 56.0 Å². The molecule has 0 aromatic carbocycles. The van der Waals surface area contributed by atoms with Crippen molar-refractivity contribution in [3.63, 3.8) is 0 Å². The smallest absolute Gasteiger partial charge is 0.228 e. The van der Waals surface area contributed by atoms with Crippen LogP contribution in [-0.2, 0) is 9.63 Å². The van der Waals surface area contributed by atoms with Crippen LogP contribution in [0.2, 0.25) is 0 Å². The Bertz CT molecular complexity index is 758. The van der Waals surface area contributed by atoms with Crippen molar-refractivity contribution in [3.05, 3.63) is 29.6 Å². The van der Waals surface area contributed by atoms with Crippen molar-refractivity contribution in [2.75, 3.05) is 19.6 Å². The lowest BCUT2D eigenvalue weighted by atomic mass is 9.96. The quantitative estimate of drug-likeness (QED) is 0.784. The first-order valence-corrected chi connectivity index (χ1v) is 8.93. The maximum atomic E-state index is 12.8. The molecule has 4 rings (SSSR count). The number of carbonyl (C=O) groups excluding carboxylic acids is 1. The van der Waals surface area contributed by atoms with Gasteiger partial charge in [0.25, 0.3) is 0 Å². The summed E-state index contributed by atoms with van der Waals surface area (Å²) in [6.07, 6.45) is 2.38. The van der Waals surface area contributed by atoms with Gasteiger partial charge in [0.05, 0.1) is 5.92 Å². The zero-order valence-corrected chi connectivity index (χ0v) is 14.4. The Morgan fingerprint density at radius 2 is 2.12 bits per heavy atom. The Morgan fingerprint density at radius 3 is 2.92 bits per heavy atom. The van der Waals surface area contributed by atoms with E-state index in [1.165, 1.54) is 0 Å². The molecule has 2 atom stereocenters. The molecule has 2 fully saturated rings. The molecule has 3 aliphatic heterocycles. The summed E-state index contributed by atoms with van der Waals surface area (Å²) in [6.45, 7) is 4.49. The summed E-state index contributed by atoms with van der Waals surface area (Å²) in [7, 11) is 0. The fourth-order valence-electron chi connectivity index (χ4n) is 3.74. The number of nitrogens with one attached hydrogen (secondary N) is 1. The summed E-state index contributed by atoms with van der Waals surface area (Å²) >= 11 is 0. The first-order valence-electron chi connectivity index (χ1n) is 8.93. The molecule has 25 heavy (non-hydrogen) atoms. The molecule has 130 valence electrons. The van der Waals surface area contributed by atoms with Crippen molar-refractivity contribution < 1.29 is 9.63 Å². The number of hydrogen-bond acceptors (Lipinski definition) is 5. The van der Waals surface area contributed by atoms with Crippen LogP contribution in [-0.4, -0.2) is 47.4 Å². The van der Waals surface area contributed by atoms with Gasteiger partial charge in [0, 0.05) is 18.2 Å². The molecule has 6 nitrogen and oxygen atoms in total. The Morgan fingerprint density at radius 1 is 1.28 bits per heavy atom. The van der Waals surface area contributed by atoms with Crippen LogP contribution in [0.5, 0.6) is 0 Å². The number of aromatic nitrogens is 1. The Hall–Kier alpha value is -2.39. The van der Waals surface area contributed by atoms with Crippen LogP contribution in [0, 0.1) is 30.6 Å². The SMILES string of the molecule is Cc1cccc(C#CC2=NOC3C2CCN3C(=O)C2CCNCC2)n1. The van der Waals surface area contributed by atoms with E-state index >= 15 is 0 Å². The molecule has 1 aromatic heterocycles. The predicted octanol–water partition coefficient (Wildman–Crippen LogP) is 1.30. The molecule has 1 N–H and O–H groups in total. The van der Waals surface area contributed by atoms with Crippen molar-refractivity contribution >= 4 is 11.6 Å². The number of aryl methyl sites for hydroxylation is 1. The lowest BCUT2D eigenvalue weighted by molar-refractivity contribution is -0.146. The zero-order valence-electron chi connectivity index (χ0n) is 14.4. The first kappa shape index (κ1) is 16.1. The summed E-state index contributed by atoms with van der Waals surface area (Å²) in [5.41, 5.74) is 2.40. The number of pyridine rings is 1. The monoisotopic (exact) mass is 338 g/mol. The summed E-state index contributed by atoms with van der Waals surface area (Å²) < 4.78 is 0. The van der Waals surface area contributed by atoms with E-state index in [1.807, 2.05) is 30.0 Å². The van der Waals surface area contributed by atoms with E-state index in [9.17, 15) is 4.79 Å². The Kier molecular flexibility index (Phi) is 4.41. The highest BCUT2D eigenvalue weighted by atomic mass is 16.7. The summed E-state index contributed by atoms with van der Waals surface area (Å²) in [4.78, 5) is 24.6. The minimum Gasteiger partial charge on any atom is -0.369 e. The van der Waals surface area contributed by atoms with Crippen LogP contribution in [0.1, 0.15) is 30.7 Å². The highest BCUT2D eigenvalue weighted by molar-refractivity contribution is 6.03. The third-order valence-corrected chi connectivity index (χ3v) is 5.12. The van der Waals surface area contributed by atoms with Crippen molar-refractivity contribution in [2.24, 2.45) is 17.0 Å². The summed E-state index contributed by atoms with van der Waals surface area (Å²) in [6, 6.07) is 5.77. The molecule has 4 heterocycles. The fourth-order valence-corrected chi connectivity index (χ4v) is 3.74. The minimum atomic E-state index is -0.280. The average molecular weight is 338 g/mol. The molecule has 2 saturated heterocycles. The number of fused-ring (bicyclic) bond motifs is 1. The van der Waals surface area contributed by atoms with E-state index in [1.54, 1.807) is 0 Å². The Labute approximate surface area is 147 Å².